The van der Waals surface area contributed by atoms with Crippen molar-refractivity contribution < 1.29 is 5.11 Å². The summed E-state index contributed by atoms with van der Waals surface area (Å²) in [5.41, 5.74) is -0.00294. The summed E-state index contributed by atoms with van der Waals surface area (Å²) in [7, 11) is 0. The van der Waals surface area contributed by atoms with Crippen LogP contribution in [0.4, 0.5) is 0 Å². The van der Waals surface area contributed by atoms with E-state index in [4.69, 9.17) is 0 Å². The van der Waals surface area contributed by atoms with E-state index in [-0.39, 0.29) is 0 Å². The maximum atomic E-state index is 10.2. The molecule has 2 fully saturated rings. The summed E-state index contributed by atoms with van der Waals surface area (Å²) in [6.07, 6.45) is 9.24. The van der Waals surface area contributed by atoms with Gasteiger partial charge in [-0.05, 0) is 38.1 Å². The van der Waals surface area contributed by atoms with Gasteiger partial charge in [-0.1, -0.05) is 32.6 Å². The third kappa shape index (κ3) is 4.44. The van der Waals surface area contributed by atoms with Crippen molar-refractivity contribution in [2.75, 3.05) is 32.7 Å². The molecule has 1 saturated heterocycles. The van der Waals surface area contributed by atoms with Crippen molar-refractivity contribution in [2.45, 2.75) is 64.4 Å². The fraction of sp³-hybridized carbons (Fsp3) is 1.00. The van der Waals surface area contributed by atoms with Crippen LogP contribution in [0.15, 0.2) is 0 Å². The van der Waals surface area contributed by atoms with Crippen LogP contribution in [0.3, 0.4) is 0 Å². The zero-order chi connectivity index (χ0) is 13.8. The molecule has 2 rings (SSSR count). The van der Waals surface area contributed by atoms with Gasteiger partial charge in [0.2, 0.25) is 0 Å². The van der Waals surface area contributed by atoms with Gasteiger partial charge in [-0.15, -0.1) is 0 Å². The lowest BCUT2D eigenvalue weighted by Crippen LogP contribution is -2.44. The van der Waals surface area contributed by atoms with Crippen molar-refractivity contribution in [1.29, 1.82) is 0 Å². The van der Waals surface area contributed by atoms with Gasteiger partial charge in [0.05, 0.1) is 5.60 Å². The topological polar surface area (TPSA) is 35.5 Å². The Hall–Kier alpha value is -0.120. The molecule has 2 aliphatic rings. The van der Waals surface area contributed by atoms with Gasteiger partial charge in [-0.2, -0.15) is 0 Å². The molecule has 19 heavy (non-hydrogen) atoms. The Bertz CT molecular complexity index is 270. The zero-order valence-corrected chi connectivity index (χ0v) is 12.9. The molecule has 1 aliphatic heterocycles. The van der Waals surface area contributed by atoms with E-state index in [1.165, 1.54) is 45.1 Å². The Morgan fingerprint density at radius 2 is 1.79 bits per heavy atom. The first-order valence-electron chi connectivity index (χ1n) is 8.21. The van der Waals surface area contributed by atoms with E-state index >= 15 is 0 Å². The van der Waals surface area contributed by atoms with E-state index in [1.807, 2.05) is 6.92 Å². The highest BCUT2D eigenvalue weighted by Crippen LogP contribution is 2.37. The highest BCUT2D eigenvalue weighted by Gasteiger charge is 2.37. The van der Waals surface area contributed by atoms with Crippen molar-refractivity contribution in [3.05, 3.63) is 0 Å². The monoisotopic (exact) mass is 268 g/mol. The molecule has 1 saturated carbocycles. The average Bonchev–Trinajstić information content (AvgIpc) is 2.58. The fourth-order valence-corrected chi connectivity index (χ4v) is 3.91. The van der Waals surface area contributed by atoms with Crippen molar-refractivity contribution in [2.24, 2.45) is 5.41 Å². The number of nitrogens with zero attached hydrogens (tertiary/aromatic N) is 1. The Morgan fingerprint density at radius 3 is 2.32 bits per heavy atom. The van der Waals surface area contributed by atoms with Crippen molar-refractivity contribution in [1.82, 2.24) is 10.2 Å². The highest BCUT2D eigenvalue weighted by molar-refractivity contribution is 4.92. The van der Waals surface area contributed by atoms with Crippen LogP contribution in [0, 0.1) is 5.41 Å². The Labute approximate surface area is 118 Å². The van der Waals surface area contributed by atoms with Crippen LogP contribution in [0.2, 0.25) is 0 Å². The van der Waals surface area contributed by atoms with Crippen LogP contribution in [0.5, 0.6) is 0 Å². The fourth-order valence-electron chi connectivity index (χ4n) is 3.91. The molecular weight excluding hydrogens is 236 g/mol. The minimum atomic E-state index is -0.454. The molecule has 0 aromatic carbocycles. The Morgan fingerprint density at radius 1 is 1.11 bits per heavy atom. The largest absolute Gasteiger partial charge is 0.389 e. The summed E-state index contributed by atoms with van der Waals surface area (Å²) >= 11 is 0. The number of rotatable bonds is 5. The summed E-state index contributed by atoms with van der Waals surface area (Å²) < 4.78 is 0. The van der Waals surface area contributed by atoms with Crippen LogP contribution >= 0.6 is 0 Å². The maximum Gasteiger partial charge on any atom is 0.0758 e. The molecule has 112 valence electrons. The van der Waals surface area contributed by atoms with Crippen LogP contribution in [-0.2, 0) is 0 Å². The van der Waals surface area contributed by atoms with E-state index < -0.39 is 5.60 Å². The molecule has 0 bridgehead atoms. The van der Waals surface area contributed by atoms with Crippen molar-refractivity contribution >= 4 is 0 Å². The van der Waals surface area contributed by atoms with Crippen LogP contribution in [-0.4, -0.2) is 48.3 Å². The van der Waals surface area contributed by atoms with Gasteiger partial charge in [0.15, 0.2) is 0 Å². The second-order valence-electron chi connectivity index (χ2n) is 7.15. The van der Waals surface area contributed by atoms with E-state index in [0.29, 0.717) is 5.41 Å². The number of aliphatic hydroxyl groups is 1. The van der Waals surface area contributed by atoms with Crippen LogP contribution in [0.1, 0.15) is 58.8 Å². The summed E-state index contributed by atoms with van der Waals surface area (Å²) in [6.45, 7) is 9.52. The first kappa shape index (κ1) is 15.3. The zero-order valence-electron chi connectivity index (χ0n) is 12.9. The summed E-state index contributed by atoms with van der Waals surface area (Å²) in [5.74, 6) is 0. The van der Waals surface area contributed by atoms with E-state index in [1.54, 1.807) is 0 Å². The molecule has 1 heterocycles. The first-order valence-corrected chi connectivity index (χ1v) is 8.21. The Kier molecular flexibility index (Phi) is 5.27. The second-order valence-corrected chi connectivity index (χ2v) is 7.15. The van der Waals surface area contributed by atoms with Gasteiger partial charge < -0.3 is 10.4 Å². The molecule has 3 nitrogen and oxygen atoms in total. The van der Waals surface area contributed by atoms with Gasteiger partial charge >= 0.3 is 0 Å². The van der Waals surface area contributed by atoms with Crippen LogP contribution in [0.25, 0.3) is 0 Å². The van der Waals surface area contributed by atoms with E-state index in [0.717, 1.165) is 32.6 Å². The highest BCUT2D eigenvalue weighted by atomic mass is 16.3. The molecule has 3 heteroatoms. The SMILES string of the molecule is CCNCC1(CN2CCC(C)(O)C2)CCCCCC1. The standard InChI is InChI=1S/C16H32N2O/c1-3-17-12-16(8-6-4-5-7-9-16)14-18-11-10-15(2,19)13-18/h17,19H,3-14H2,1-2H3. The third-order valence-electron chi connectivity index (χ3n) is 5.00. The molecule has 1 unspecified atom stereocenters. The molecule has 2 N–H and O–H groups in total. The van der Waals surface area contributed by atoms with Gasteiger partial charge in [-0.3, -0.25) is 4.90 Å². The van der Waals surface area contributed by atoms with Crippen molar-refractivity contribution in [3.8, 4) is 0 Å². The predicted molar refractivity (Wildman–Crippen MR) is 80.4 cm³/mol. The van der Waals surface area contributed by atoms with E-state index in [9.17, 15) is 5.11 Å². The number of hydrogen-bond acceptors (Lipinski definition) is 3. The number of β-amino-alcohol motifs (C(OH)–C–C–N with tert-alkyl or cyclic N) is 1. The summed E-state index contributed by atoms with van der Waals surface area (Å²) in [6, 6.07) is 0. The van der Waals surface area contributed by atoms with Gasteiger partial charge in [0.1, 0.15) is 0 Å². The lowest BCUT2D eigenvalue weighted by atomic mass is 9.79. The molecule has 0 spiro atoms. The second kappa shape index (κ2) is 6.55. The quantitative estimate of drug-likeness (QED) is 0.752. The smallest absolute Gasteiger partial charge is 0.0758 e. The van der Waals surface area contributed by atoms with E-state index in [2.05, 4.69) is 17.1 Å². The predicted octanol–water partition coefficient (Wildman–Crippen LogP) is 2.39. The molecule has 0 aromatic rings. The van der Waals surface area contributed by atoms with Crippen LogP contribution < -0.4 is 5.32 Å². The number of nitrogens with one attached hydrogen (secondary N) is 1. The molecule has 0 aromatic heterocycles. The molecule has 1 aliphatic carbocycles. The number of hydrogen-bond donors (Lipinski definition) is 2. The third-order valence-corrected chi connectivity index (χ3v) is 5.00. The minimum absolute atomic E-state index is 0.451. The average molecular weight is 268 g/mol. The molecule has 1 atom stereocenters. The molecule has 0 amide bonds. The molecular formula is C16H32N2O. The van der Waals surface area contributed by atoms with Gasteiger partial charge in [0.25, 0.3) is 0 Å². The Balaban J connectivity index is 1.96. The lowest BCUT2D eigenvalue weighted by molar-refractivity contribution is 0.0581. The van der Waals surface area contributed by atoms with Crippen molar-refractivity contribution in [3.63, 3.8) is 0 Å². The lowest BCUT2D eigenvalue weighted by Gasteiger charge is -2.37. The first-order chi connectivity index (χ1) is 9.05. The minimum Gasteiger partial charge on any atom is -0.389 e. The maximum absolute atomic E-state index is 10.2. The summed E-state index contributed by atoms with van der Waals surface area (Å²) in [4.78, 5) is 2.50. The normalized spacial score (nSPS) is 32.4. The number of likely N-dealkylation sites (tertiary alicyclic amines) is 1. The molecule has 0 radical (unpaired) electrons. The summed E-state index contributed by atoms with van der Waals surface area (Å²) in [5, 5.41) is 13.7. The van der Waals surface area contributed by atoms with Gasteiger partial charge in [-0.25, -0.2) is 0 Å². The van der Waals surface area contributed by atoms with Gasteiger partial charge in [0, 0.05) is 26.2 Å².